The maximum atomic E-state index is 12.0. The predicted molar refractivity (Wildman–Crippen MR) is 113 cm³/mol. The van der Waals surface area contributed by atoms with E-state index in [0.717, 1.165) is 4.47 Å². The van der Waals surface area contributed by atoms with E-state index >= 15 is 0 Å². The zero-order valence-electron chi connectivity index (χ0n) is 15.2. The Morgan fingerprint density at radius 3 is 2.39 bits per heavy atom. The highest BCUT2D eigenvalue weighted by atomic mass is 79.9. The summed E-state index contributed by atoms with van der Waals surface area (Å²) in [6.07, 6.45) is -0.0363. The van der Waals surface area contributed by atoms with Crippen LogP contribution >= 0.6 is 27.5 Å². The van der Waals surface area contributed by atoms with Crippen molar-refractivity contribution in [1.29, 1.82) is 0 Å². The summed E-state index contributed by atoms with van der Waals surface area (Å²) in [5.41, 5.74) is 4.19. The van der Waals surface area contributed by atoms with Gasteiger partial charge in [0.2, 0.25) is 5.91 Å². The van der Waals surface area contributed by atoms with Gasteiger partial charge in [0.05, 0.1) is 6.42 Å². The summed E-state index contributed by atoms with van der Waals surface area (Å²) in [6.45, 7) is 3.29. The minimum Gasteiger partial charge on any atom is -0.326 e. The van der Waals surface area contributed by atoms with Gasteiger partial charge in [-0.05, 0) is 55.8 Å². The van der Waals surface area contributed by atoms with Crippen LogP contribution in [0.15, 0.2) is 52.0 Å². The lowest BCUT2D eigenvalue weighted by molar-refractivity contribution is -0.136. The number of carbonyl (C=O) groups excluding carboxylic acids is 3. The van der Waals surface area contributed by atoms with E-state index < -0.39 is 11.8 Å². The van der Waals surface area contributed by atoms with Crippen LogP contribution in [0.3, 0.4) is 0 Å². The number of amides is 3. The SMILES string of the molecule is C/C(CC(=O)Nc1ccc(Br)cc1)=N\NC(=O)C(=O)Nc1cccc(Cl)c1C. The van der Waals surface area contributed by atoms with Gasteiger partial charge in [-0.3, -0.25) is 14.4 Å². The number of halogens is 2. The molecule has 3 amide bonds. The van der Waals surface area contributed by atoms with Gasteiger partial charge >= 0.3 is 11.8 Å². The molecule has 0 fully saturated rings. The molecule has 3 N–H and O–H groups in total. The molecule has 2 aromatic rings. The van der Waals surface area contributed by atoms with Crippen LogP contribution in [0.4, 0.5) is 11.4 Å². The number of nitrogens with zero attached hydrogens (tertiary/aromatic N) is 1. The predicted octanol–water partition coefficient (Wildman–Crippen LogP) is 3.87. The van der Waals surface area contributed by atoms with Crippen LogP contribution < -0.4 is 16.1 Å². The lowest BCUT2D eigenvalue weighted by Gasteiger charge is -2.09. The molecule has 0 saturated carbocycles. The van der Waals surface area contributed by atoms with Gasteiger partial charge in [-0.2, -0.15) is 5.10 Å². The second kappa shape index (κ2) is 10.0. The molecule has 2 rings (SSSR count). The first kappa shape index (κ1) is 21.6. The average molecular weight is 466 g/mol. The van der Waals surface area contributed by atoms with Gasteiger partial charge in [-0.1, -0.05) is 33.6 Å². The van der Waals surface area contributed by atoms with Crippen molar-refractivity contribution in [3.05, 3.63) is 57.5 Å². The summed E-state index contributed by atoms with van der Waals surface area (Å²) in [5, 5.41) is 9.43. The van der Waals surface area contributed by atoms with Crippen LogP contribution in [0, 0.1) is 6.92 Å². The lowest BCUT2D eigenvalue weighted by Crippen LogP contribution is -2.33. The monoisotopic (exact) mass is 464 g/mol. The van der Waals surface area contributed by atoms with E-state index in [1.807, 2.05) is 0 Å². The van der Waals surface area contributed by atoms with Crippen LogP contribution in [0.5, 0.6) is 0 Å². The first-order valence-electron chi connectivity index (χ1n) is 8.21. The molecule has 9 heteroatoms. The fourth-order valence-electron chi connectivity index (χ4n) is 2.13. The fourth-order valence-corrected chi connectivity index (χ4v) is 2.57. The number of hydrogen-bond donors (Lipinski definition) is 3. The molecule has 0 aliphatic carbocycles. The second-order valence-electron chi connectivity index (χ2n) is 5.89. The zero-order chi connectivity index (χ0) is 20.7. The largest absolute Gasteiger partial charge is 0.329 e. The van der Waals surface area contributed by atoms with Crippen molar-refractivity contribution in [2.24, 2.45) is 5.10 Å². The number of benzene rings is 2. The first-order valence-corrected chi connectivity index (χ1v) is 9.38. The highest BCUT2D eigenvalue weighted by Gasteiger charge is 2.15. The van der Waals surface area contributed by atoms with E-state index in [1.165, 1.54) is 0 Å². The maximum Gasteiger partial charge on any atom is 0.329 e. The van der Waals surface area contributed by atoms with Crippen molar-refractivity contribution in [2.45, 2.75) is 20.3 Å². The number of anilines is 2. The Kier molecular flexibility index (Phi) is 7.71. The molecule has 0 aliphatic rings. The van der Waals surface area contributed by atoms with Crippen LogP contribution in [0.1, 0.15) is 18.9 Å². The third-order valence-electron chi connectivity index (χ3n) is 3.61. The molecule has 0 aromatic heterocycles. The van der Waals surface area contributed by atoms with Crippen molar-refractivity contribution in [2.75, 3.05) is 10.6 Å². The smallest absolute Gasteiger partial charge is 0.326 e. The molecule has 146 valence electrons. The Bertz CT molecular complexity index is 929. The van der Waals surface area contributed by atoms with Crippen molar-refractivity contribution in [3.8, 4) is 0 Å². The molecule has 0 heterocycles. The molecule has 0 unspecified atom stereocenters. The van der Waals surface area contributed by atoms with Crippen LogP contribution in [-0.4, -0.2) is 23.4 Å². The Morgan fingerprint density at radius 1 is 1.04 bits per heavy atom. The molecule has 0 aliphatic heterocycles. The van der Waals surface area contributed by atoms with Crippen molar-refractivity contribution in [3.63, 3.8) is 0 Å². The van der Waals surface area contributed by atoms with E-state index in [1.54, 1.807) is 56.3 Å². The molecule has 0 spiro atoms. The zero-order valence-corrected chi connectivity index (χ0v) is 17.5. The Hall–Kier alpha value is -2.71. The first-order chi connectivity index (χ1) is 13.3. The highest BCUT2D eigenvalue weighted by molar-refractivity contribution is 9.10. The van der Waals surface area contributed by atoms with Gasteiger partial charge in [0.25, 0.3) is 0 Å². The van der Waals surface area contributed by atoms with Crippen molar-refractivity contribution < 1.29 is 14.4 Å². The van der Waals surface area contributed by atoms with E-state index in [9.17, 15) is 14.4 Å². The normalized spacial score (nSPS) is 10.9. The van der Waals surface area contributed by atoms with E-state index in [2.05, 4.69) is 37.1 Å². The average Bonchev–Trinajstić information content (AvgIpc) is 2.65. The molecule has 2 aromatic carbocycles. The molecular formula is C19H18BrClN4O3. The molecular weight excluding hydrogens is 448 g/mol. The third kappa shape index (κ3) is 6.47. The Morgan fingerprint density at radius 2 is 1.71 bits per heavy atom. The summed E-state index contributed by atoms with van der Waals surface area (Å²) < 4.78 is 0.900. The van der Waals surface area contributed by atoms with E-state index in [0.29, 0.717) is 27.7 Å². The topological polar surface area (TPSA) is 99.7 Å². The van der Waals surface area contributed by atoms with E-state index in [-0.39, 0.29) is 12.3 Å². The lowest BCUT2D eigenvalue weighted by atomic mass is 10.2. The second-order valence-corrected chi connectivity index (χ2v) is 7.21. The molecule has 0 saturated heterocycles. The standard InChI is InChI=1S/C19H18BrClN4O3/c1-11(10-17(26)22-14-8-6-13(20)7-9-14)24-25-19(28)18(27)23-16-5-3-4-15(21)12(16)2/h3-9H,10H2,1-2H3,(H,22,26)(H,23,27)(H,25,28)/b24-11+. The fraction of sp³-hybridized carbons (Fsp3) is 0.158. The Labute approximate surface area is 175 Å². The van der Waals surface area contributed by atoms with Crippen molar-refractivity contribution >= 4 is 62.3 Å². The van der Waals surface area contributed by atoms with Gasteiger partial charge in [-0.15, -0.1) is 0 Å². The third-order valence-corrected chi connectivity index (χ3v) is 4.55. The van der Waals surface area contributed by atoms with Gasteiger partial charge < -0.3 is 10.6 Å². The molecule has 0 radical (unpaired) electrons. The Balaban J connectivity index is 1.86. The molecule has 0 atom stereocenters. The van der Waals surface area contributed by atoms with Gasteiger partial charge in [0.15, 0.2) is 0 Å². The summed E-state index contributed by atoms with van der Waals surface area (Å²) in [4.78, 5) is 35.8. The number of rotatable bonds is 5. The van der Waals surface area contributed by atoms with Gasteiger partial charge in [-0.25, -0.2) is 5.43 Å². The highest BCUT2D eigenvalue weighted by Crippen LogP contribution is 2.22. The van der Waals surface area contributed by atoms with Crippen molar-refractivity contribution in [1.82, 2.24) is 5.43 Å². The maximum absolute atomic E-state index is 12.0. The summed E-state index contributed by atoms with van der Waals surface area (Å²) in [6, 6.07) is 12.1. The minimum absolute atomic E-state index is 0.0363. The van der Waals surface area contributed by atoms with Gasteiger partial charge in [0.1, 0.15) is 0 Å². The summed E-state index contributed by atoms with van der Waals surface area (Å²) >= 11 is 9.29. The van der Waals surface area contributed by atoms with Crippen LogP contribution in [-0.2, 0) is 14.4 Å². The molecule has 28 heavy (non-hydrogen) atoms. The van der Waals surface area contributed by atoms with Gasteiger partial charge in [0, 0.05) is 26.6 Å². The summed E-state index contributed by atoms with van der Waals surface area (Å²) in [5.74, 6) is -2.13. The number of nitrogens with one attached hydrogen (secondary N) is 3. The quantitative estimate of drug-likeness (QED) is 0.355. The van der Waals surface area contributed by atoms with Crippen LogP contribution in [0.25, 0.3) is 0 Å². The molecule has 7 nitrogen and oxygen atoms in total. The van der Waals surface area contributed by atoms with E-state index in [4.69, 9.17) is 11.6 Å². The molecule has 0 bridgehead atoms. The number of hydrogen-bond acceptors (Lipinski definition) is 4. The number of carbonyl (C=O) groups is 3. The van der Waals surface area contributed by atoms with Crippen LogP contribution in [0.2, 0.25) is 5.02 Å². The number of hydrazone groups is 1. The minimum atomic E-state index is -0.952. The summed E-state index contributed by atoms with van der Waals surface area (Å²) in [7, 11) is 0.